The monoisotopic (exact) mass is 283 g/mol. The molecule has 0 aliphatic carbocycles. The Morgan fingerprint density at radius 3 is 2.58 bits per heavy atom. The second kappa shape index (κ2) is 6.37. The number of carbonyl (C=O) groups excluding carboxylic acids is 1. The lowest BCUT2D eigenvalue weighted by atomic mass is 10.1. The second-order valence-electron chi connectivity index (χ2n) is 4.54. The van der Waals surface area contributed by atoms with E-state index >= 15 is 0 Å². The summed E-state index contributed by atoms with van der Waals surface area (Å²) in [6.07, 6.45) is -0.403. The summed E-state index contributed by atoms with van der Waals surface area (Å²) >= 11 is 5.73. The van der Waals surface area contributed by atoms with Gasteiger partial charge in [0.2, 0.25) is 5.91 Å². The molecule has 1 unspecified atom stereocenters. The molecule has 1 aromatic carbocycles. The van der Waals surface area contributed by atoms with E-state index in [1.54, 1.807) is 4.90 Å². The molecule has 1 saturated heterocycles. The van der Waals surface area contributed by atoms with Crippen LogP contribution in [0.15, 0.2) is 18.2 Å². The first kappa shape index (κ1) is 14.3. The van der Waals surface area contributed by atoms with Gasteiger partial charge in [0.05, 0.1) is 25.5 Å². The van der Waals surface area contributed by atoms with Crippen LogP contribution >= 0.6 is 11.6 Å². The minimum atomic E-state index is -0.403. The molecule has 104 valence electrons. The summed E-state index contributed by atoms with van der Waals surface area (Å²) in [5.74, 6) is -0.247. The summed E-state index contributed by atoms with van der Waals surface area (Å²) in [6, 6.07) is 5.91. The molecule has 19 heavy (non-hydrogen) atoms. The molecule has 5 heteroatoms. The number of halogens is 1. The summed E-state index contributed by atoms with van der Waals surface area (Å²) in [5.41, 5.74) is 2.91. The van der Waals surface area contributed by atoms with Gasteiger partial charge in [0.15, 0.2) is 6.23 Å². The Morgan fingerprint density at radius 1 is 1.37 bits per heavy atom. The molecule has 0 radical (unpaired) electrons. The number of anilines is 1. The Kier molecular flexibility index (Phi) is 4.80. The topological polar surface area (TPSA) is 38.8 Å². The maximum absolute atomic E-state index is 12.2. The van der Waals surface area contributed by atoms with Gasteiger partial charge in [-0.2, -0.15) is 0 Å². The predicted octanol–water partition coefficient (Wildman–Crippen LogP) is 2.25. The number of nitrogens with zero attached hydrogens (tertiary/aromatic N) is 1. The van der Waals surface area contributed by atoms with E-state index in [1.807, 2.05) is 32.0 Å². The summed E-state index contributed by atoms with van der Waals surface area (Å²) in [7, 11) is 0. The maximum atomic E-state index is 12.2. The lowest BCUT2D eigenvalue weighted by molar-refractivity contribution is -0.126. The number of para-hydroxylation sites is 1. The van der Waals surface area contributed by atoms with Crippen LogP contribution in [0.2, 0.25) is 0 Å². The van der Waals surface area contributed by atoms with Gasteiger partial charge in [-0.05, 0) is 25.0 Å². The van der Waals surface area contributed by atoms with Crippen LogP contribution in [0.3, 0.4) is 0 Å². The number of benzene rings is 1. The number of hydrogen-bond acceptors (Lipinski definition) is 3. The van der Waals surface area contributed by atoms with Crippen molar-refractivity contribution in [3.05, 3.63) is 29.3 Å². The number of amides is 1. The molecule has 0 bridgehead atoms. The standard InChI is InChI=1S/C14H18ClNO3/c1-10-4-3-5-11(2)14(10)16(12(17)8-15)13-9-18-6-7-19-13/h3-5,13H,6-9H2,1-2H3. The van der Waals surface area contributed by atoms with Gasteiger partial charge in [0, 0.05) is 0 Å². The van der Waals surface area contributed by atoms with Crippen molar-refractivity contribution in [1.82, 2.24) is 0 Å². The Bertz CT molecular complexity index is 438. The molecule has 1 atom stereocenters. The molecule has 1 aliphatic rings. The molecular formula is C14H18ClNO3. The molecule has 0 aromatic heterocycles. The first-order valence-electron chi connectivity index (χ1n) is 6.28. The van der Waals surface area contributed by atoms with E-state index in [4.69, 9.17) is 21.1 Å². The molecule has 1 amide bonds. The molecule has 2 rings (SSSR count). The maximum Gasteiger partial charge on any atom is 0.244 e. The summed E-state index contributed by atoms with van der Waals surface area (Å²) in [4.78, 5) is 13.8. The van der Waals surface area contributed by atoms with Crippen LogP contribution in [0.5, 0.6) is 0 Å². The molecule has 1 aromatic rings. The van der Waals surface area contributed by atoms with Gasteiger partial charge >= 0.3 is 0 Å². The SMILES string of the molecule is Cc1cccc(C)c1N(C(=O)CCl)C1COCCO1. The smallest absolute Gasteiger partial charge is 0.244 e. The molecule has 0 spiro atoms. The number of aryl methyl sites for hydroxylation is 2. The Hall–Kier alpha value is -1.10. The van der Waals surface area contributed by atoms with Crippen LogP contribution in [0.1, 0.15) is 11.1 Å². The van der Waals surface area contributed by atoms with Crippen LogP contribution in [0, 0.1) is 13.8 Å². The van der Waals surface area contributed by atoms with Crippen LogP contribution in [0.25, 0.3) is 0 Å². The highest BCUT2D eigenvalue weighted by Gasteiger charge is 2.29. The zero-order valence-electron chi connectivity index (χ0n) is 11.2. The van der Waals surface area contributed by atoms with Crippen LogP contribution < -0.4 is 4.90 Å². The Labute approximate surface area is 118 Å². The van der Waals surface area contributed by atoms with Crippen molar-refractivity contribution in [3.63, 3.8) is 0 Å². The summed E-state index contributed by atoms with van der Waals surface area (Å²) in [5, 5.41) is 0. The first-order chi connectivity index (χ1) is 9.15. The average Bonchev–Trinajstić information content (AvgIpc) is 2.43. The molecule has 1 aliphatic heterocycles. The highest BCUT2D eigenvalue weighted by atomic mass is 35.5. The number of hydrogen-bond donors (Lipinski definition) is 0. The van der Waals surface area contributed by atoms with E-state index in [-0.39, 0.29) is 11.8 Å². The van der Waals surface area contributed by atoms with Gasteiger partial charge in [0.25, 0.3) is 0 Å². The number of carbonyl (C=O) groups is 1. The number of rotatable bonds is 3. The van der Waals surface area contributed by atoms with Gasteiger partial charge in [-0.25, -0.2) is 0 Å². The zero-order valence-corrected chi connectivity index (χ0v) is 11.9. The van der Waals surface area contributed by atoms with Crippen molar-refractivity contribution in [1.29, 1.82) is 0 Å². The van der Waals surface area contributed by atoms with Crippen molar-refractivity contribution in [2.45, 2.75) is 20.1 Å². The van der Waals surface area contributed by atoms with Gasteiger partial charge in [-0.15, -0.1) is 11.6 Å². The minimum Gasteiger partial charge on any atom is -0.374 e. The van der Waals surface area contributed by atoms with Crippen molar-refractivity contribution in [3.8, 4) is 0 Å². The van der Waals surface area contributed by atoms with E-state index in [0.29, 0.717) is 19.8 Å². The summed E-state index contributed by atoms with van der Waals surface area (Å²) in [6.45, 7) is 5.37. The molecule has 1 heterocycles. The molecule has 4 nitrogen and oxygen atoms in total. The third-order valence-electron chi connectivity index (χ3n) is 3.15. The Balaban J connectivity index is 2.39. The van der Waals surface area contributed by atoms with Gasteiger partial charge in [0.1, 0.15) is 5.88 Å². The van der Waals surface area contributed by atoms with E-state index in [2.05, 4.69) is 0 Å². The largest absolute Gasteiger partial charge is 0.374 e. The molecule has 0 saturated carbocycles. The quantitative estimate of drug-likeness (QED) is 0.799. The average molecular weight is 284 g/mol. The predicted molar refractivity (Wildman–Crippen MR) is 74.7 cm³/mol. The fourth-order valence-electron chi connectivity index (χ4n) is 2.30. The minimum absolute atomic E-state index is 0.0758. The highest BCUT2D eigenvalue weighted by molar-refractivity contribution is 6.29. The van der Waals surface area contributed by atoms with E-state index in [1.165, 1.54) is 0 Å². The van der Waals surface area contributed by atoms with E-state index < -0.39 is 6.23 Å². The van der Waals surface area contributed by atoms with Crippen LogP contribution in [0.4, 0.5) is 5.69 Å². The molecule has 0 N–H and O–H groups in total. The molecular weight excluding hydrogens is 266 g/mol. The lowest BCUT2D eigenvalue weighted by Crippen LogP contribution is -2.48. The van der Waals surface area contributed by atoms with Crippen LogP contribution in [-0.4, -0.2) is 37.8 Å². The van der Waals surface area contributed by atoms with Gasteiger partial charge < -0.3 is 9.47 Å². The van der Waals surface area contributed by atoms with Crippen molar-refractivity contribution >= 4 is 23.2 Å². The second-order valence-corrected chi connectivity index (χ2v) is 4.81. The van der Waals surface area contributed by atoms with E-state index in [0.717, 1.165) is 16.8 Å². The van der Waals surface area contributed by atoms with Gasteiger partial charge in [-0.3, -0.25) is 9.69 Å². The van der Waals surface area contributed by atoms with Crippen LogP contribution in [-0.2, 0) is 14.3 Å². The normalized spacial score (nSPS) is 19.2. The lowest BCUT2D eigenvalue weighted by Gasteiger charge is -2.35. The number of alkyl halides is 1. The van der Waals surface area contributed by atoms with Gasteiger partial charge in [-0.1, -0.05) is 18.2 Å². The third kappa shape index (κ3) is 3.08. The fourth-order valence-corrected chi connectivity index (χ4v) is 2.43. The van der Waals surface area contributed by atoms with Crippen molar-refractivity contribution in [2.24, 2.45) is 0 Å². The van der Waals surface area contributed by atoms with Crippen molar-refractivity contribution < 1.29 is 14.3 Å². The summed E-state index contributed by atoms with van der Waals surface area (Å²) < 4.78 is 11.0. The van der Waals surface area contributed by atoms with E-state index in [9.17, 15) is 4.79 Å². The fraction of sp³-hybridized carbons (Fsp3) is 0.500. The first-order valence-corrected chi connectivity index (χ1v) is 6.82. The third-order valence-corrected chi connectivity index (χ3v) is 3.38. The van der Waals surface area contributed by atoms with Crippen molar-refractivity contribution in [2.75, 3.05) is 30.6 Å². The molecule has 1 fully saturated rings. The Morgan fingerprint density at radius 2 is 2.05 bits per heavy atom. The number of ether oxygens (including phenoxy) is 2. The zero-order chi connectivity index (χ0) is 13.8. The highest BCUT2D eigenvalue weighted by Crippen LogP contribution is 2.28.